The highest BCUT2D eigenvalue weighted by molar-refractivity contribution is 5.81. The lowest BCUT2D eigenvalue weighted by Crippen LogP contribution is -2.42. The molecule has 0 aromatic heterocycles. The molecule has 0 aromatic carbocycles. The van der Waals surface area contributed by atoms with Crippen LogP contribution < -0.4 is 5.32 Å². The van der Waals surface area contributed by atoms with Gasteiger partial charge in [-0.25, -0.2) is 0 Å². The SMILES string of the molecule is C=CC(CC1=CC=C(C(/C=C\C)=C/C)C1)NC(CC(C)C)C(C)=O. The summed E-state index contributed by atoms with van der Waals surface area (Å²) in [5.41, 5.74) is 4.03. The van der Waals surface area contributed by atoms with Gasteiger partial charge in [0.05, 0.1) is 6.04 Å². The van der Waals surface area contributed by atoms with Gasteiger partial charge in [-0.2, -0.15) is 0 Å². The van der Waals surface area contributed by atoms with Crippen LogP contribution in [-0.2, 0) is 4.79 Å². The molecule has 2 nitrogen and oxygen atoms in total. The molecule has 0 aliphatic heterocycles. The second kappa shape index (κ2) is 10.2. The minimum atomic E-state index is -0.0865. The molecular formula is C22H33NO. The van der Waals surface area contributed by atoms with Crippen molar-refractivity contribution in [2.45, 2.75) is 66.0 Å². The van der Waals surface area contributed by atoms with E-state index in [1.165, 1.54) is 16.7 Å². The largest absolute Gasteiger partial charge is 0.301 e. The smallest absolute Gasteiger partial charge is 0.146 e. The lowest BCUT2D eigenvalue weighted by Gasteiger charge is -2.24. The normalized spacial score (nSPS) is 17.8. The van der Waals surface area contributed by atoms with Crippen molar-refractivity contribution in [3.05, 3.63) is 59.8 Å². The Morgan fingerprint density at radius 3 is 2.54 bits per heavy atom. The van der Waals surface area contributed by atoms with Gasteiger partial charge in [0, 0.05) is 6.04 Å². The molecule has 1 rings (SSSR count). The summed E-state index contributed by atoms with van der Waals surface area (Å²) in [6, 6.07) is 0.0454. The van der Waals surface area contributed by atoms with Gasteiger partial charge in [-0.1, -0.05) is 55.9 Å². The summed E-state index contributed by atoms with van der Waals surface area (Å²) in [6.07, 6.45) is 15.5. The lowest BCUT2D eigenvalue weighted by atomic mass is 9.96. The Bertz CT molecular complexity index is 561. The third kappa shape index (κ3) is 6.45. The molecule has 2 heteroatoms. The third-order valence-corrected chi connectivity index (χ3v) is 4.35. The number of carbonyl (C=O) groups is 1. The Balaban J connectivity index is 2.65. The van der Waals surface area contributed by atoms with Crippen LogP contribution >= 0.6 is 0 Å². The molecule has 1 aliphatic carbocycles. The molecule has 24 heavy (non-hydrogen) atoms. The maximum atomic E-state index is 11.9. The van der Waals surface area contributed by atoms with Crippen molar-refractivity contribution in [2.75, 3.05) is 0 Å². The van der Waals surface area contributed by atoms with Crippen LogP contribution in [0.4, 0.5) is 0 Å². The quantitative estimate of drug-likeness (QED) is 0.435. The number of Topliss-reactive ketones (excluding diaryl/α,β-unsaturated/α-hetero) is 1. The van der Waals surface area contributed by atoms with E-state index in [9.17, 15) is 4.79 Å². The van der Waals surface area contributed by atoms with Crippen molar-refractivity contribution in [3.8, 4) is 0 Å². The van der Waals surface area contributed by atoms with E-state index in [1.54, 1.807) is 6.92 Å². The number of hydrogen-bond donors (Lipinski definition) is 1. The number of carbonyl (C=O) groups excluding carboxylic acids is 1. The minimum absolute atomic E-state index is 0.0865. The molecule has 0 spiro atoms. The highest BCUT2D eigenvalue weighted by Crippen LogP contribution is 2.29. The summed E-state index contributed by atoms with van der Waals surface area (Å²) in [6.45, 7) is 14.0. The Hall–Kier alpha value is -1.67. The fourth-order valence-corrected chi connectivity index (χ4v) is 3.06. The summed E-state index contributed by atoms with van der Waals surface area (Å²) in [5.74, 6) is 0.702. The van der Waals surface area contributed by atoms with Gasteiger partial charge < -0.3 is 5.32 Å². The van der Waals surface area contributed by atoms with Gasteiger partial charge in [-0.05, 0) is 57.1 Å². The van der Waals surface area contributed by atoms with Crippen molar-refractivity contribution >= 4 is 5.78 Å². The van der Waals surface area contributed by atoms with Crippen LogP contribution in [0.3, 0.4) is 0 Å². The summed E-state index contributed by atoms with van der Waals surface area (Å²) >= 11 is 0. The standard InChI is InChI=1S/C22H33NO/c1-7-10-19(8-2)20-12-11-18(14-20)15-21(9-3)23-22(17(6)24)13-16(4)5/h7-12,16,21-23H,3,13-15H2,1-2,4-6H3/b10-7-,19-8+. The molecule has 0 fully saturated rings. The maximum Gasteiger partial charge on any atom is 0.146 e. The molecule has 0 aromatic rings. The summed E-state index contributed by atoms with van der Waals surface area (Å²) < 4.78 is 0. The van der Waals surface area contributed by atoms with E-state index in [0.29, 0.717) is 5.92 Å². The molecule has 0 heterocycles. The first-order valence-electron chi connectivity index (χ1n) is 8.98. The van der Waals surface area contributed by atoms with E-state index in [2.05, 4.69) is 63.0 Å². The molecule has 0 saturated heterocycles. The molecular weight excluding hydrogens is 294 g/mol. The third-order valence-electron chi connectivity index (χ3n) is 4.35. The van der Waals surface area contributed by atoms with E-state index < -0.39 is 0 Å². The van der Waals surface area contributed by atoms with Crippen molar-refractivity contribution in [1.82, 2.24) is 5.32 Å². The van der Waals surface area contributed by atoms with Gasteiger partial charge in [0.25, 0.3) is 0 Å². The minimum Gasteiger partial charge on any atom is -0.301 e. The number of hydrogen-bond acceptors (Lipinski definition) is 2. The van der Waals surface area contributed by atoms with Crippen molar-refractivity contribution in [3.63, 3.8) is 0 Å². The molecule has 2 unspecified atom stereocenters. The molecule has 132 valence electrons. The maximum absolute atomic E-state index is 11.9. The Kier molecular flexibility index (Phi) is 8.70. The van der Waals surface area contributed by atoms with Crippen LogP contribution in [0.15, 0.2) is 59.8 Å². The Labute approximate surface area is 148 Å². The summed E-state index contributed by atoms with van der Waals surface area (Å²) in [7, 11) is 0. The Morgan fingerprint density at radius 1 is 1.33 bits per heavy atom. The zero-order valence-corrected chi connectivity index (χ0v) is 15.9. The van der Waals surface area contributed by atoms with E-state index >= 15 is 0 Å². The van der Waals surface area contributed by atoms with Gasteiger partial charge in [0.2, 0.25) is 0 Å². The van der Waals surface area contributed by atoms with Crippen LogP contribution in [0.5, 0.6) is 0 Å². The summed E-state index contributed by atoms with van der Waals surface area (Å²) in [4.78, 5) is 11.9. The molecule has 0 amide bonds. The molecule has 0 bridgehead atoms. The van der Waals surface area contributed by atoms with E-state index in [-0.39, 0.29) is 17.9 Å². The number of ketones is 1. The molecule has 0 radical (unpaired) electrons. The fraction of sp³-hybridized carbons (Fsp3) is 0.500. The highest BCUT2D eigenvalue weighted by Gasteiger charge is 2.20. The fourth-order valence-electron chi connectivity index (χ4n) is 3.06. The van der Waals surface area contributed by atoms with Gasteiger partial charge >= 0.3 is 0 Å². The number of allylic oxidation sites excluding steroid dienone is 7. The summed E-state index contributed by atoms with van der Waals surface area (Å²) in [5, 5.41) is 3.48. The molecule has 1 aliphatic rings. The Morgan fingerprint density at radius 2 is 2.04 bits per heavy atom. The van der Waals surface area contributed by atoms with Crippen LogP contribution in [0.2, 0.25) is 0 Å². The first kappa shape index (κ1) is 20.4. The van der Waals surface area contributed by atoms with Gasteiger partial charge in [0.1, 0.15) is 5.78 Å². The monoisotopic (exact) mass is 327 g/mol. The molecule has 2 atom stereocenters. The number of nitrogens with one attached hydrogen (secondary N) is 1. The first-order chi connectivity index (χ1) is 11.4. The van der Waals surface area contributed by atoms with Gasteiger partial charge in [0.15, 0.2) is 0 Å². The van der Waals surface area contributed by atoms with Crippen LogP contribution in [-0.4, -0.2) is 17.9 Å². The van der Waals surface area contributed by atoms with Crippen molar-refractivity contribution in [1.29, 1.82) is 0 Å². The second-order valence-electron chi connectivity index (χ2n) is 6.94. The molecule has 0 saturated carbocycles. The van der Waals surface area contributed by atoms with E-state index in [0.717, 1.165) is 19.3 Å². The highest BCUT2D eigenvalue weighted by atomic mass is 16.1. The number of rotatable bonds is 10. The lowest BCUT2D eigenvalue weighted by molar-refractivity contribution is -0.119. The van der Waals surface area contributed by atoms with E-state index in [1.807, 2.05) is 13.0 Å². The average molecular weight is 328 g/mol. The van der Waals surface area contributed by atoms with Crippen LogP contribution in [0, 0.1) is 5.92 Å². The first-order valence-corrected chi connectivity index (χ1v) is 8.98. The topological polar surface area (TPSA) is 29.1 Å². The van der Waals surface area contributed by atoms with Crippen LogP contribution in [0.1, 0.15) is 53.9 Å². The van der Waals surface area contributed by atoms with Crippen molar-refractivity contribution in [2.24, 2.45) is 5.92 Å². The zero-order valence-electron chi connectivity index (χ0n) is 15.9. The predicted octanol–water partition coefficient (Wildman–Crippen LogP) is 5.30. The van der Waals surface area contributed by atoms with Gasteiger partial charge in [-0.3, -0.25) is 4.79 Å². The van der Waals surface area contributed by atoms with Crippen molar-refractivity contribution < 1.29 is 4.79 Å². The zero-order chi connectivity index (χ0) is 18.1. The average Bonchev–Trinajstić information content (AvgIpc) is 2.98. The van der Waals surface area contributed by atoms with E-state index in [4.69, 9.17) is 0 Å². The second-order valence-corrected chi connectivity index (χ2v) is 6.94. The molecule has 1 N–H and O–H groups in total. The predicted molar refractivity (Wildman–Crippen MR) is 105 cm³/mol. The van der Waals surface area contributed by atoms with Gasteiger partial charge in [-0.15, -0.1) is 6.58 Å². The van der Waals surface area contributed by atoms with Crippen LogP contribution in [0.25, 0.3) is 0 Å².